The second kappa shape index (κ2) is 6.80. The standard InChI is InChI=1S/C13H20N4O/c1-3-5-13(9-14,6-4-2)12(18)16-8-11-7-15-10-17-11/h7,10H,3-6,8H2,1-2H3,(H,15,17)(H,16,18). The van der Waals surface area contributed by atoms with Crippen molar-refractivity contribution in [2.24, 2.45) is 5.41 Å². The van der Waals surface area contributed by atoms with Gasteiger partial charge < -0.3 is 10.3 Å². The average molecular weight is 248 g/mol. The van der Waals surface area contributed by atoms with Crippen LogP contribution in [0.1, 0.15) is 45.2 Å². The number of carbonyl (C=O) groups excluding carboxylic acids is 1. The minimum atomic E-state index is -0.885. The summed E-state index contributed by atoms with van der Waals surface area (Å²) in [5.41, 5.74) is -0.0491. The van der Waals surface area contributed by atoms with E-state index in [9.17, 15) is 10.1 Å². The number of nitriles is 1. The van der Waals surface area contributed by atoms with Crippen molar-refractivity contribution in [1.29, 1.82) is 5.26 Å². The lowest BCUT2D eigenvalue weighted by Crippen LogP contribution is -2.39. The third kappa shape index (κ3) is 3.33. The lowest BCUT2D eigenvalue weighted by Gasteiger charge is -2.24. The molecule has 0 aliphatic carbocycles. The lowest BCUT2D eigenvalue weighted by atomic mass is 9.80. The van der Waals surface area contributed by atoms with Crippen molar-refractivity contribution in [2.45, 2.75) is 46.1 Å². The lowest BCUT2D eigenvalue weighted by molar-refractivity contribution is -0.129. The van der Waals surface area contributed by atoms with Crippen molar-refractivity contribution in [3.05, 3.63) is 18.2 Å². The van der Waals surface area contributed by atoms with Gasteiger partial charge in [0.25, 0.3) is 0 Å². The normalized spacial score (nSPS) is 10.9. The highest BCUT2D eigenvalue weighted by Gasteiger charge is 2.36. The van der Waals surface area contributed by atoms with Gasteiger partial charge in [0, 0.05) is 6.20 Å². The molecular weight excluding hydrogens is 228 g/mol. The van der Waals surface area contributed by atoms with Gasteiger partial charge in [-0.05, 0) is 12.8 Å². The zero-order valence-corrected chi connectivity index (χ0v) is 11.0. The second-order valence-electron chi connectivity index (χ2n) is 4.45. The molecule has 0 radical (unpaired) electrons. The van der Waals surface area contributed by atoms with Crippen LogP contribution < -0.4 is 5.32 Å². The van der Waals surface area contributed by atoms with Crippen LogP contribution in [0.15, 0.2) is 12.5 Å². The summed E-state index contributed by atoms with van der Waals surface area (Å²) >= 11 is 0. The van der Waals surface area contributed by atoms with Crippen LogP contribution in [0.5, 0.6) is 0 Å². The van der Waals surface area contributed by atoms with Crippen LogP contribution in [0.2, 0.25) is 0 Å². The third-order valence-corrected chi connectivity index (χ3v) is 3.00. The molecule has 0 aliphatic heterocycles. The van der Waals surface area contributed by atoms with Gasteiger partial charge in [0.05, 0.1) is 24.6 Å². The Morgan fingerprint density at radius 3 is 2.61 bits per heavy atom. The smallest absolute Gasteiger partial charge is 0.240 e. The maximum atomic E-state index is 12.2. The number of aromatic nitrogens is 2. The first kappa shape index (κ1) is 14.2. The van der Waals surface area contributed by atoms with Crippen LogP contribution in [-0.2, 0) is 11.3 Å². The highest BCUT2D eigenvalue weighted by atomic mass is 16.2. The largest absolute Gasteiger partial charge is 0.349 e. The molecule has 0 unspecified atom stereocenters. The molecule has 0 fully saturated rings. The predicted molar refractivity (Wildman–Crippen MR) is 68.3 cm³/mol. The maximum Gasteiger partial charge on any atom is 0.240 e. The molecular formula is C13H20N4O. The zero-order valence-electron chi connectivity index (χ0n) is 11.0. The van der Waals surface area contributed by atoms with Crippen LogP contribution in [0, 0.1) is 16.7 Å². The van der Waals surface area contributed by atoms with E-state index in [0.717, 1.165) is 18.5 Å². The van der Waals surface area contributed by atoms with Crippen molar-refractivity contribution in [3.8, 4) is 6.07 Å². The van der Waals surface area contributed by atoms with E-state index >= 15 is 0 Å². The number of rotatable bonds is 7. The van der Waals surface area contributed by atoms with Crippen LogP contribution >= 0.6 is 0 Å². The van der Waals surface area contributed by atoms with Crippen LogP contribution in [-0.4, -0.2) is 15.9 Å². The topological polar surface area (TPSA) is 81.6 Å². The SMILES string of the molecule is CCCC(C#N)(CCC)C(=O)NCc1cnc[nH]1. The molecule has 0 aromatic carbocycles. The number of amides is 1. The van der Waals surface area contributed by atoms with E-state index in [1.54, 1.807) is 12.5 Å². The molecule has 5 heteroatoms. The highest BCUT2D eigenvalue weighted by Crippen LogP contribution is 2.29. The van der Waals surface area contributed by atoms with Crippen molar-refractivity contribution < 1.29 is 4.79 Å². The summed E-state index contributed by atoms with van der Waals surface area (Å²) in [6.07, 6.45) is 6.08. The number of carbonyl (C=O) groups is 1. The first-order valence-electron chi connectivity index (χ1n) is 6.35. The van der Waals surface area contributed by atoms with E-state index < -0.39 is 5.41 Å². The van der Waals surface area contributed by atoms with E-state index in [-0.39, 0.29) is 5.91 Å². The van der Waals surface area contributed by atoms with E-state index in [2.05, 4.69) is 21.4 Å². The van der Waals surface area contributed by atoms with Gasteiger partial charge in [0.2, 0.25) is 5.91 Å². The molecule has 18 heavy (non-hydrogen) atoms. The monoisotopic (exact) mass is 248 g/mol. The Morgan fingerprint density at radius 1 is 1.50 bits per heavy atom. The third-order valence-electron chi connectivity index (χ3n) is 3.00. The van der Waals surface area contributed by atoms with E-state index in [1.165, 1.54) is 0 Å². The fraction of sp³-hybridized carbons (Fsp3) is 0.615. The van der Waals surface area contributed by atoms with Crippen molar-refractivity contribution in [2.75, 3.05) is 0 Å². The molecule has 5 nitrogen and oxygen atoms in total. The molecule has 2 N–H and O–H groups in total. The Balaban J connectivity index is 2.67. The summed E-state index contributed by atoms with van der Waals surface area (Å²) in [6, 6.07) is 2.21. The highest BCUT2D eigenvalue weighted by molar-refractivity contribution is 5.85. The van der Waals surface area contributed by atoms with Crippen LogP contribution in [0.25, 0.3) is 0 Å². The Hall–Kier alpha value is -1.83. The van der Waals surface area contributed by atoms with Gasteiger partial charge in [0.1, 0.15) is 5.41 Å². The fourth-order valence-corrected chi connectivity index (χ4v) is 2.09. The minimum Gasteiger partial charge on any atom is -0.349 e. The molecule has 1 aromatic rings. The number of imidazole rings is 1. The Kier molecular flexibility index (Phi) is 5.37. The molecule has 0 bridgehead atoms. The van der Waals surface area contributed by atoms with E-state index in [4.69, 9.17) is 0 Å². The van der Waals surface area contributed by atoms with E-state index in [0.29, 0.717) is 19.4 Å². The van der Waals surface area contributed by atoms with Crippen molar-refractivity contribution in [1.82, 2.24) is 15.3 Å². The molecule has 1 amide bonds. The fourth-order valence-electron chi connectivity index (χ4n) is 2.09. The summed E-state index contributed by atoms with van der Waals surface area (Å²) in [6.45, 7) is 4.36. The van der Waals surface area contributed by atoms with Crippen LogP contribution in [0.3, 0.4) is 0 Å². The summed E-state index contributed by atoms with van der Waals surface area (Å²) in [4.78, 5) is 19.0. The van der Waals surface area contributed by atoms with Gasteiger partial charge in [-0.25, -0.2) is 4.98 Å². The molecule has 0 atom stereocenters. The van der Waals surface area contributed by atoms with Gasteiger partial charge in [-0.15, -0.1) is 0 Å². The summed E-state index contributed by atoms with van der Waals surface area (Å²) < 4.78 is 0. The number of H-pyrrole nitrogens is 1. The van der Waals surface area contributed by atoms with Gasteiger partial charge in [-0.3, -0.25) is 4.79 Å². The average Bonchev–Trinajstić information content (AvgIpc) is 2.88. The maximum absolute atomic E-state index is 12.2. The Morgan fingerprint density at radius 2 is 2.17 bits per heavy atom. The first-order valence-corrected chi connectivity index (χ1v) is 6.35. The molecule has 1 heterocycles. The molecule has 98 valence electrons. The van der Waals surface area contributed by atoms with Gasteiger partial charge in [-0.2, -0.15) is 5.26 Å². The number of hydrogen-bond acceptors (Lipinski definition) is 3. The van der Waals surface area contributed by atoms with Gasteiger partial charge in [-0.1, -0.05) is 26.7 Å². The predicted octanol–water partition coefficient (Wildman–Crippen LogP) is 2.14. The van der Waals surface area contributed by atoms with Crippen molar-refractivity contribution >= 4 is 5.91 Å². The van der Waals surface area contributed by atoms with Gasteiger partial charge >= 0.3 is 0 Å². The minimum absolute atomic E-state index is 0.177. The number of aromatic amines is 1. The molecule has 0 aliphatic rings. The molecule has 0 saturated heterocycles. The summed E-state index contributed by atoms with van der Waals surface area (Å²) in [5, 5.41) is 12.1. The first-order chi connectivity index (χ1) is 8.68. The Bertz CT molecular complexity index is 399. The summed E-state index contributed by atoms with van der Waals surface area (Å²) in [5.74, 6) is -0.177. The second-order valence-corrected chi connectivity index (χ2v) is 4.45. The number of hydrogen-bond donors (Lipinski definition) is 2. The quantitative estimate of drug-likeness (QED) is 0.775. The molecule has 0 spiro atoms. The van der Waals surface area contributed by atoms with E-state index in [1.807, 2.05) is 13.8 Å². The number of nitrogens with zero attached hydrogens (tertiary/aromatic N) is 2. The molecule has 1 aromatic heterocycles. The zero-order chi connectivity index (χ0) is 13.4. The molecule has 1 rings (SSSR count). The number of nitrogens with one attached hydrogen (secondary N) is 2. The van der Waals surface area contributed by atoms with Crippen LogP contribution in [0.4, 0.5) is 0 Å². The Labute approximate surface area is 108 Å². The van der Waals surface area contributed by atoms with Gasteiger partial charge in [0.15, 0.2) is 0 Å². The van der Waals surface area contributed by atoms with Crippen molar-refractivity contribution in [3.63, 3.8) is 0 Å². The summed E-state index contributed by atoms with van der Waals surface area (Å²) in [7, 11) is 0. The molecule has 0 saturated carbocycles.